The molecule has 0 spiro atoms. The summed E-state index contributed by atoms with van der Waals surface area (Å²) >= 11 is 6.67. The first-order valence-electron chi connectivity index (χ1n) is 10.1. The Hall–Kier alpha value is -3.39. The molecule has 0 bridgehead atoms. The fourth-order valence-corrected chi connectivity index (χ4v) is 3.88. The van der Waals surface area contributed by atoms with Crippen molar-refractivity contribution in [3.63, 3.8) is 0 Å². The summed E-state index contributed by atoms with van der Waals surface area (Å²) in [5, 5.41) is 20.1. The third kappa shape index (κ3) is 4.60. The Kier molecular flexibility index (Phi) is 6.41. The van der Waals surface area contributed by atoms with Gasteiger partial charge in [-0.25, -0.2) is 8.78 Å². The summed E-state index contributed by atoms with van der Waals surface area (Å²) in [5.74, 6) is -0.667. The molecule has 32 heavy (non-hydrogen) atoms. The smallest absolute Gasteiger partial charge is 0.242 e. The minimum atomic E-state index is -1.02. The molecule has 9 heteroatoms. The van der Waals surface area contributed by atoms with Gasteiger partial charge in [0.15, 0.2) is 5.82 Å². The van der Waals surface area contributed by atoms with Crippen LogP contribution in [0.25, 0.3) is 11.3 Å². The molecule has 0 saturated carbocycles. The molecule has 1 aliphatic rings. The minimum absolute atomic E-state index is 0.0614. The Morgan fingerprint density at radius 3 is 2.66 bits per heavy atom. The minimum Gasteiger partial charge on any atom is -0.359 e. The summed E-state index contributed by atoms with van der Waals surface area (Å²) in [5.41, 5.74) is 1.49. The molecule has 2 heterocycles. The lowest BCUT2D eigenvalue weighted by atomic mass is 10.0. The molecule has 1 saturated heterocycles. The highest BCUT2D eigenvalue weighted by Gasteiger charge is 2.27. The molecule has 1 fully saturated rings. The lowest BCUT2D eigenvalue weighted by Crippen LogP contribution is -2.34. The van der Waals surface area contributed by atoms with E-state index in [1.54, 1.807) is 6.07 Å². The molecule has 1 atom stereocenters. The summed E-state index contributed by atoms with van der Waals surface area (Å²) in [6.45, 7) is 0.255. The molecule has 0 radical (unpaired) electrons. The van der Waals surface area contributed by atoms with Gasteiger partial charge in [0.1, 0.15) is 17.7 Å². The van der Waals surface area contributed by atoms with E-state index in [1.807, 2.05) is 30.3 Å². The van der Waals surface area contributed by atoms with Crippen molar-refractivity contribution in [2.45, 2.75) is 12.6 Å². The standard InChI is InChI=1S/C23H20ClF2N5O/c24-20-19(21(27)15-7-4-8-16(25)11-15)23(28-12-18(32)31-10-9-17(26)13-31)30-29-22(20)14-5-2-1-3-6-14/h1-8,11,17,27H,9-10,12-13H2,(H,28,30)/t17-/m1/s1. The van der Waals surface area contributed by atoms with Crippen LogP contribution in [0.4, 0.5) is 14.6 Å². The van der Waals surface area contributed by atoms with E-state index in [0.29, 0.717) is 29.8 Å². The Morgan fingerprint density at radius 2 is 1.97 bits per heavy atom. The van der Waals surface area contributed by atoms with Gasteiger partial charge in [-0.05, 0) is 18.6 Å². The number of rotatable bonds is 6. The van der Waals surface area contributed by atoms with Gasteiger partial charge in [-0.15, -0.1) is 10.2 Å². The number of anilines is 1. The summed E-state index contributed by atoms with van der Waals surface area (Å²) in [7, 11) is 0. The second kappa shape index (κ2) is 9.40. The number of aromatic nitrogens is 2. The summed E-state index contributed by atoms with van der Waals surface area (Å²) in [4.78, 5) is 13.9. The quantitative estimate of drug-likeness (QED) is 0.542. The molecule has 1 aliphatic heterocycles. The predicted octanol–water partition coefficient (Wildman–Crippen LogP) is 4.33. The number of carbonyl (C=O) groups is 1. The van der Waals surface area contributed by atoms with Crippen molar-refractivity contribution in [3.8, 4) is 11.3 Å². The molecule has 164 valence electrons. The van der Waals surface area contributed by atoms with Gasteiger partial charge in [0, 0.05) is 17.7 Å². The van der Waals surface area contributed by atoms with Crippen molar-refractivity contribution in [3.05, 3.63) is 76.6 Å². The van der Waals surface area contributed by atoms with Crippen LogP contribution in [0.15, 0.2) is 54.6 Å². The first-order chi connectivity index (χ1) is 15.4. The number of amides is 1. The molecular weight excluding hydrogens is 436 g/mol. The topological polar surface area (TPSA) is 82.0 Å². The van der Waals surface area contributed by atoms with Gasteiger partial charge in [-0.3, -0.25) is 10.2 Å². The SMILES string of the molecule is N=C(c1cccc(F)c1)c1c(NCC(=O)N2CC[C@@H](F)C2)nnc(-c2ccccc2)c1Cl. The van der Waals surface area contributed by atoms with Gasteiger partial charge in [-0.1, -0.05) is 54.1 Å². The Labute approximate surface area is 188 Å². The molecular formula is C23H20ClF2N5O. The van der Waals surface area contributed by atoms with Crippen molar-refractivity contribution in [2.75, 3.05) is 25.0 Å². The third-order valence-electron chi connectivity index (χ3n) is 5.22. The molecule has 1 amide bonds. The molecule has 2 aromatic carbocycles. The molecule has 6 nitrogen and oxygen atoms in total. The van der Waals surface area contributed by atoms with Crippen molar-refractivity contribution in [1.82, 2.24) is 15.1 Å². The number of carbonyl (C=O) groups excluding carboxylic acids is 1. The highest BCUT2D eigenvalue weighted by atomic mass is 35.5. The van der Waals surface area contributed by atoms with Crippen molar-refractivity contribution in [1.29, 1.82) is 5.41 Å². The van der Waals surface area contributed by atoms with Crippen LogP contribution in [0.2, 0.25) is 5.02 Å². The van der Waals surface area contributed by atoms with Crippen molar-refractivity contribution >= 4 is 29.0 Å². The molecule has 4 rings (SSSR count). The summed E-state index contributed by atoms with van der Waals surface area (Å²) in [6, 6.07) is 14.7. The monoisotopic (exact) mass is 455 g/mol. The Bertz CT molecular complexity index is 1160. The average molecular weight is 456 g/mol. The van der Waals surface area contributed by atoms with E-state index in [-0.39, 0.29) is 41.1 Å². The second-order valence-corrected chi connectivity index (χ2v) is 7.79. The van der Waals surface area contributed by atoms with Gasteiger partial charge in [0.05, 0.1) is 29.4 Å². The number of hydrogen-bond donors (Lipinski definition) is 2. The second-order valence-electron chi connectivity index (χ2n) is 7.42. The van der Waals surface area contributed by atoms with Gasteiger partial charge in [0.25, 0.3) is 0 Å². The zero-order valence-corrected chi connectivity index (χ0v) is 17.7. The normalized spacial score (nSPS) is 15.6. The number of nitrogens with one attached hydrogen (secondary N) is 2. The van der Waals surface area contributed by atoms with Gasteiger partial charge < -0.3 is 10.2 Å². The lowest BCUT2D eigenvalue weighted by Gasteiger charge is -2.18. The third-order valence-corrected chi connectivity index (χ3v) is 5.58. The maximum absolute atomic E-state index is 13.8. The fourth-order valence-electron chi connectivity index (χ4n) is 3.55. The van der Waals surface area contributed by atoms with E-state index in [0.717, 1.165) is 0 Å². The van der Waals surface area contributed by atoms with Crippen LogP contribution in [0.3, 0.4) is 0 Å². The van der Waals surface area contributed by atoms with Gasteiger partial charge in [-0.2, -0.15) is 0 Å². The molecule has 3 aromatic rings. The van der Waals surface area contributed by atoms with Crippen LogP contribution in [0.1, 0.15) is 17.5 Å². The summed E-state index contributed by atoms with van der Waals surface area (Å²) < 4.78 is 27.2. The van der Waals surface area contributed by atoms with E-state index in [4.69, 9.17) is 17.0 Å². The van der Waals surface area contributed by atoms with Crippen molar-refractivity contribution < 1.29 is 13.6 Å². The molecule has 2 N–H and O–H groups in total. The largest absolute Gasteiger partial charge is 0.359 e. The van der Waals surface area contributed by atoms with Crippen LogP contribution in [0, 0.1) is 11.2 Å². The Morgan fingerprint density at radius 1 is 1.19 bits per heavy atom. The van der Waals surface area contributed by atoms with Crippen LogP contribution in [0.5, 0.6) is 0 Å². The Balaban J connectivity index is 1.69. The van der Waals surface area contributed by atoms with Gasteiger partial charge in [0.2, 0.25) is 5.91 Å². The van der Waals surface area contributed by atoms with Crippen molar-refractivity contribution in [2.24, 2.45) is 0 Å². The van der Waals surface area contributed by atoms with Crippen LogP contribution >= 0.6 is 11.6 Å². The molecule has 0 unspecified atom stereocenters. The van der Waals surface area contributed by atoms with E-state index in [1.165, 1.54) is 23.1 Å². The highest BCUT2D eigenvalue weighted by molar-refractivity contribution is 6.38. The fraction of sp³-hybridized carbons (Fsp3) is 0.217. The van der Waals surface area contributed by atoms with Gasteiger partial charge >= 0.3 is 0 Å². The maximum Gasteiger partial charge on any atom is 0.242 e. The number of alkyl halides is 1. The van der Waals surface area contributed by atoms with Crippen LogP contribution in [-0.4, -0.2) is 52.5 Å². The molecule has 0 aliphatic carbocycles. The van der Waals surface area contributed by atoms with E-state index in [2.05, 4.69) is 15.5 Å². The number of benzene rings is 2. The lowest BCUT2D eigenvalue weighted by molar-refractivity contribution is -0.128. The summed E-state index contributed by atoms with van der Waals surface area (Å²) in [6.07, 6.45) is -0.700. The zero-order valence-electron chi connectivity index (χ0n) is 17.0. The number of hydrogen-bond acceptors (Lipinski definition) is 5. The first kappa shape index (κ1) is 21.8. The predicted molar refractivity (Wildman–Crippen MR) is 119 cm³/mol. The average Bonchev–Trinajstić information content (AvgIpc) is 3.24. The van der Waals surface area contributed by atoms with E-state index >= 15 is 0 Å². The number of likely N-dealkylation sites (tertiary alicyclic amines) is 1. The van der Waals surface area contributed by atoms with E-state index < -0.39 is 12.0 Å². The number of nitrogens with zero attached hydrogens (tertiary/aromatic N) is 3. The van der Waals surface area contributed by atoms with Crippen LogP contribution < -0.4 is 5.32 Å². The van der Waals surface area contributed by atoms with Crippen LogP contribution in [-0.2, 0) is 4.79 Å². The first-order valence-corrected chi connectivity index (χ1v) is 10.4. The zero-order chi connectivity index (χ0) is 22.7. The molecule has 1 aromatic heterocycles. The van der Waals surface area contributed by atoms with E-state index in [9.17, 15) is 13.6 Å². The maximum atomic E-state index is 13.8. The number of halogens is 3. The highest BCUT2D eigenvalue weighted by Crippen LogP contribution is 2.33.